The van der Waals surface area contributed by atoms with Gasteiger partial charge in [0, 0.05) is 45.5 Å². The Morgan fingerprint density at radius 1 is 1.22 bits per heavy atom. The van der Waals surface area contributed by atoms with E-state index >= 15 is 0 Å². The van der Waals surface area contributed by atoms with Gasteiger partial charge in [-0.2, -0.15) is 0 Å². The van der Waals surface area contributed by atoms with Crippen LogP contribution in [0.1, 0.15) is 24.5 Å². The molecule has 10 heteroatoms. The molecule has 1 amide bonds. The fourth-order valence-corrected chi connectivity index (χ4v) is 5.33. The number of carbonyl (C=O) groups is 1. The van der Waals surface area contributed by atoms with Crippen LogP contribution in [-0.2, 0) is 4.79 Å². The number of carbonyl (C=O) groups excluding carboxylic acids is 1. The molecule has 2 aliphatic rings. The summed E-state index contributed by atoms with van der Waals surface area (Å²) in [7, 11) is 0. The van der Waals surface area contributed by atoms with E-state index in [4.69, 9.17) is 17.2 Å². The Kier molecular flexibility index (Phi) is 6.94. The number of nitrogens with zero attached hydrogens (tertiary/aromatic N) is 5. The van der Waals surface area contributed by atoms with Gasteiger partial charge >= 0.3 is 0 Å². The average molecular weight is 474 g/mol. The highest BCUT2D eigenvalue weighted by molar-refractivity contribution is 8.26. The van der Waals surface area contributed by atoms with Crippen molar-refractivity contribution in [1.29, 1.82) is 0 Å². The molecular weight excluding hydrogens is 446 g/mol. The van der Waals surface area contributed by atoms with Crippen LogP contribution in [-0.4, -0.2) is 80.4 Å². The first kappa shape index (κ1) is 22.9. The maximum absolute atomic E-state index is 13.5. The number of aliphatic hydroxyl groups excluding tert-OH is 1. The quantitative estimate of drug-likeness (QED) is 0.502. The van der Waals surface area contributed by atoms with E-state index in [1.807, 2.05) is 26.0 Å². The number of rotatable bonds is 6. The Morgan fingerprint density at radius 2 is 1.97 bits per heavy atom. The number of piperazine rings is 1. The van der Waals surface area contributed by atoms with Crippen molar-refractivity contribution in [3.63, 3.8) is 0 Å². The third kappa shape index (κ3) is 4.32. The van der Waals surface area contributed by atoms with Crippen LogP contribution in [0.3, 0.4) is 0 Å². The summed E-state index contributed by atoms with van der Waals surface area (Å²) in [6.07, 6.45) is 4.18. The minimum atomic E-state index is -0.202. The Hall–Kier alpha value is -2.27. The fourth-order valence-electron chi connectivity index (χ4n) is 4.04. The number of anilines is 1. The minimum Gasteiger partial charge on any atom is -0.395 e. The van der Waals surface area contributed by atoms with Crippen molar-refractivity contribution in [2.24, 2.45) is 0 Å². The standard InChI is InChI=1S/C22H27N5O3S2/c1-3-6-27-21(30)17(32-22(27)31)14-16-19(25-10-8-24(9-11-25)12-13-28)23-18-15(2)5-4-7-26(18)20(16)29/h4-5,7,14,28H,3,6,8-13H2,1-2H3. The lowest BCUT2D eigenvalue weighted by Crippen LogP contribution is -2.48. The van der Waals surface area contributed by atoms with Crippen molar-refractivity contribution in [1.82, 2.24) is 19.2 Å². The number of hydrogen-bond donors (Lipinski definition) is 1. The van der Waals surface area contributed by atoms with Gasteiger partial charge in [-0.15, -0.1) is 0 Å². The predicted octanol–water partition coefficient (Wildman–Crippen LogP) is 1.73. The molecule has 32 heavy (non-hydrogen) atoms. The number of thioether (sulfide) groups is 1. The van der Waals surface area contributed by atoms with E-state index in [1.165, 1.54) is 11.8 Å². The highest BCUT2D eigenvalue weighted by Crippen LogP contribution is 2.33. The molecule has 0 aromatic carbocycles. The molecule has 0 spiro atoms. The van der Waals surface area contributed by atoms with Crippen LogP contribution in [0.4, 0.5) is 5.82 Å². The molecule has 4 rings (SSSR count). The molecule has 8 nitrogen and oxygen atoms in total. The number of amides is 1. The Bertz CT molecular complexity index is 1140. The second-order valence-corrected chi connectivity index (χ2v) is 9.60. The van der Waals surface area contributed by atoms with Crippen LogP contribution in [0.25, 0.3) is 11.7 Å². The first-order chi connectivity index (χ1) is 15.4. The third-order valence-electron chi connectivity index (χ3n) is 5.75. The van der Waals surface area contributed by atoms with E-state index in [1.54, 1.807) is 21.6 Å². The summed E-state index contributed by atoms with van der Waals surface area (Å²) < 4.78 is 2.06. The van der Waals surface area contributed by atoms with E-state index in [2.05, 4.69) is 9.80 Å². The van der Waals surface area contributed by atoms with E-state index in [0.717, 1.165) is 25.1 Å². The maximum atomic E-state index is 13.5. The van der Waals surface area contributed by atoms with Crippen LogP contribution >= 0.6 is 24.0 Å². The smallest absolute Gasteiger partial charge is 0.267 e. The SMILES string of the molecule is CCCN1C(=O)C(=Cc2c(N3CCN(CCO)CC3)nc3c(C)cccn3c2=O)SC1=S. The molecular formula is C22H27N5O3S2. The summed E-state index contributed by atoms with van der Waals surface area (Å²) in [6.45, 7) is 8.17. The van der Waals surface area contributed by atoms with Gasteiger partial charge in [0.15, 0.2) is 0 Å². The van der Waals surface area contributed by atoms with Crippen LogP contribution in [0.2, 0.25) is 0 Å². The van der Waals surface area contributed by atoms with Crippen LogP contribution < -0.4 is 10.5 Å². The largest absolute Gasteiger partial charge is 0.395 e. The molecule has 2 saturated heterocycles. The monoisotopic (exact) mass is 473 g/mol. The highest BCUT2D eigenvalue weighted by Gasteiger charge is 2.32. The van der Waals surface area contributed by atoms with Gasteiger partial charge in [-0.25, -0.2) is 4.98 Å². The number of aryl methyl sites for hydroxylation is 1. The van der Waals surface area contributed by atoms with E-state index in [-0.39, 0.29) is 18.1 Å². The van der Waals surface area contributed by atoms with Crippen molar-refractivity contribution in [2.75, 3.05) is 50.8 Å². The van der Waals surface area contributed by atoms with Gasteiger partial charge in [-0.05, 0) is 31.1 Å². The summed E-state index contributed by atoms with van der Waals surface area (Å²) in [5, 5.41) is 9.23. The number of aliphatic hydroxyl groups is 1. The predicted molar refractivity (Wildman–Crippen MR) is 132 cm³/mol. The Balaban J connectivity index is 1.80. The molecule has 2 aliphatic heterocycles. The lowest BCUT2D eigenvalue weighted by atomic mass is 10.2. The van der Waals surface area contributed by atoms with E-state index in [0.29, 0.717) is 52.4 Å². The van der Waals surface area contributed by atoms with Crippen molar-refractivity contribution in [3.05, 3.63) is 44.7 Å². The molecule has 0 unspecified atom stereocenters. The van der Waals surface area contributed by atoms with Crippen LogP contribution in [0, 0.1) is 6.92 Å². The van der Waals surface area contributed by atoms with Crippen molar-refractivity contribution in [2.45, 2.75) is 20.3 Å². The molecule has 0 bridgehead atoms. The Morgan fingerprint density at radius 3 is 2.66 bits per heavy atom. The zero-order chi connectivity index (χ0) is 22.8. The van der Waals surface area contributed by atoms with E-state index in [9.17, 15) is 14.7 Å². The van der Waals surface area contributed by atoms with Gasteiger partial charge in [0.25, 0.3) is 11.5 Å². The molecule has 0 saturated carbocycles. The highest BCUT2D eigenvalue weighted by atomic mass is 32.2. The zero-order valence-electron chi connectivity index (χ0n) is 18.3. The average Bonchev–Trinajstić information content (AvgIpc) is 3.04. The van der Waals surface area contributed by atoms with E-state index < -0.39 is 0 Å². The molecule has 0 aliphatic carbocycles. The molecule has 2 aromatic rings. The second kappa shape index (κ2) is 9.70. The van der Waals surface area contributed by atoms with Crippen LogP contribution in [0.15, 0.2) is 28.0 Å². The second-order valence-electron chi connectivity index (χ2n) is 7.92. The summed E-state index contributed by atoms with van der Waals surface area (Å²) in [4.78, 5) is 37.7. The van der Waals surface area contributed by atoms with Gasteiger partial charge in [0.05, 0.1) is 17.1 Å². The number of hydrogen-bond acceptors (Lipinski definition) is 8. The lowest BCUT2D eigenvalue weighted by molar-refractivity contribution is -0.122. The first-order valence-corrected chi connectivity index (χ1v) is 12.0. The topological polar surface area (TPSA) is 81.4 Å². The van der Waals surface area contributed by atoms with Crippen molar-refractivity contribution >= 4 is 51.7 Å². The maximum Gasteiger partial charge on any atom is 0.267 e. The minimum absolute atomic E-state index is 0.125. The van der Waals surface area contributed by atoms with Gasteiger partial charge < -0.3 is 10.0 Å². The van der Waals surface area contributed by atoms with Crippen molar-refractivity contribution in [3.8, 4) is 0 Å². The number of aromatic nitrogens is 2. The number of fused-ring (bicyclic) bond motifs is 1. The van der Waals surface area contributed by atoms with Gasteiger partial charge in [-0.3, -0.25) is 23.8 Å². The molecule has 1 N–H and O–H groups in total. The lowest BCUT2D eigenvalue weighted by Gasteiger charge is -2.35. The summed E-state index contributed by atoms with van der Waals surface area (Å²) in [5.74, 6) is 0.433. The van der Waals surface area contributed by atoms with Gasteiger partial charge in [0.1, 0.15) is 15.8 Å². The number of thiocarbonyl (C=S) groups is 1. The van der Waals surface area contributed by atoms with Crippen molar-refractivity contribution < 1.29 is 9.90 Å². The summed E-state index contributed by atoms with van der Waals surface area (Å²) in [6, 6.07) is 3.75. The fraction of sp³-hybridized carbons (Fsp3) is 0.455. The summed E-state index contributed by atoms with van der Waals surface area (Å²) in [5.41, 5.74) is 1.72. The number of pyridine rings is 1. The summed E-state index contributed by atoms with van der Waals surface area (Å²) >= 11 is 6.63. The number of β-amino-alcohol motifs (C(OH)–C–C–N with tert-alkyl or cyclic N) is 1. The van der Waals surface area contributed by atoms with Gasteiger partial charge in [-0.1, -0.05) is 37.0 Å². The molecule has 4 heterocycles. The van der Waals surface area contributed by atoms with Crippen LogP contribution in [0.5, 0.6) is 0 Å². The normalized spacial score (nSPS) is 19.0. The Labute approximate surface area is 196 Å². The molecule has 0 atom stereocenters. The molecule has 2 aromatic heterocycles. The third-order valence-corrected chi connectivity index (χ3v) is 7.13. The molecule has 0 radical (unpaired) electrons. The first-order valence-electron chi connectivity index (χ1n) is 10.8. The van der Waals surface area contributed by atoms with Gasteiger partial charge in [0.2, 0.25) is 0 Å². The molecule has 170 valence electrons. The zero-order valence-corrected chi connectivity index (χ0v) is 19.9. The molecule has 2 fully saturated rings.